The van der Waals surface area contributed by atoms with E-state index in [1.807, 2.05) is 0 Å². The summed E-state index contributed by atoms with van der Waals surface area (Å²) in [5, 5.41) is 15.2. The van der Waals surface area contributed by atoms with Crippen molar-refractivity contribution in [2.24, 2.45) is 0 Å². The zero-order valence-electron chi connectivity index (χ0n) is 8.14. The van der Waals surface area contributed by atoms with Crippen molar-refractivity contribution in [1.82, 2.24) is 5.32 Å². The van der Waals surface area contributed by atoms with E-state index in [0.717, 1.165) is 12.8 Å². The van der Waals surface area contributed by atoms with Crippen LogP contribution in [0.15, 0.2) is 17.5 Å². The van der Waals surface area contributed by atoms with Crippen molar-refractivity contribution in [2.45, 2.75) is 38.0 Å². The van der Waals surface area contributed by atoms with Crippen molar-refractivity contribution in [3.63, 3.8) is 0 Å². The van der Waals surface area contributed by atoms with Crippen LogP contribution in [0.2, 0.25) is 0 Å². The maximum absolute atomic E-state index is 9.61. The van der Waals surface area contributed by atoms with Gasteiger partial charge in [-0.15, -0.1) is 23.7 Å². The Morgan fingerprint density at radius 1 is 1.50 bits per heavy atom. The fourth-order valence-corrected chi connectivity index (χ4v) is 2.74. The van der Waals surface area contributed by atoms with E-state index in [-0.39, 0.29) is 18.5 Å². The quantitative estimate of drug-likeness (QED) is 0.781. The van der Waals surface area contributed by atoms with Gasteiger partial charge in [-0.05, 0) is 31.2 Å². The molecule has 0 saturated carbocycles. The molecule has 1 fully saturated rings. The SMILES string of the molecule is CC1CC(O)CC(c2cccs2)N1.Cl. The number of thiophene rings is 1. The van der Waals surface area contributed by atoms with Crippen molar-refractivity contribution < 1.29 is 5.11 Å². The highest BCUT2D eigenvalue weighted by Gasteiger charge is 2.25. The lowest BCUT2D eigenvalue weighted by Gasteiger charge is -2.31. The number of aliphatic hydroxyl groups excluding tert-OH is 1. The zero-order chi connectivity index (χ0) is 9.26. The van der Waals surface area contributed by atoms with Gasteiger partial charge >= 0.3 is 0 Å². The fourth-order valence-electron chi connectivity index (χ4n) is 1.94. The smallest absolute Gasteiger partial charge is 0.0573 e. The van der Waals surface area contributed by atoms with Crippen LogP contribution in [-0.2, 0) is 0 Å². The lowest BCUT2D eigenvalue weighted by Crippen LogP contribution is -2.40. The van der Waals surface area contributed by atoms with Crippen molar-refractivity contribution in [2.75, 3.05) is 0 Å². The predicted octanol–water partition coefficient (Wildman–Crippen LogP) is 2.34. The zero-order valence-corrected chi connectivity index (χ0v) is 9.78. The van der Waals surface area contributed by atoms with Crippen LogP contribution in [0.25, 0.3) is 0 Å². The molecular formula is C10H16ClNOS. The third-order valence-corrected chi connectivity index (χ3v) is 3.49. The summed E-state index contributed by atoms with van der Waals surface area (Å²) in [4.78, 5) is 1.34. The van der Waals surface area contributed by atoms with Crippen LogP contribution in [0, 0.1) is 0 Å². The molecule has 0 amide bonds. The number of nitrogens with one attached hydrogen (secondary N) is 1. The first-order valence-corrected chi connectivity index (χ1v) is 5.61. The monoisotopic (exact) mass is 233 g/mol. The molecule has 3 atom stereocenters. The van der Waals surface area contributed by atoms with Gasteiger partial charge in [-0.3, -0.25) is 0 Å². The summed E-state index contributed by atoms with van der Waals surface area (Å²) in [5.41, 5.74) is 0. The fraction of sp³-hybridized carbons (Fsp3) is 0.600. The van der Waals surface area contributed by atoms with Crippen LogP contribution in [0.4, 0.5) is 0 Å². The molecule has 80 valence electrons. The van der Waals surface area contributed by atoms with Crippen LogP contribution in [0.1, 0.15) is 30.7 Å². The Balaban J connectivity index is 0.000000980. The van der Waals surface area contributed by atoms with E-state index in [1.54, 1.807) is 11.3 Å². The van der Waals surface area contributed by atoms with Crippen LogP contribution >= 0.6 is 23.7 Å². The molecule has 1 saturated heterocycles. The normalized spacial score (nSPS) is 32.3. The van der Waals surface area contributed by atoms with E-state index in [9.17, 15) is 5.11 Å². The number of hydrogen-bond acceptors (Lipinski definition) is 3. The average Bonchev–Trinajstić information content (AvgIpc) is 2.53. The second-order valence-corrected chi connectivity index (χ2v) is 4.74. The van der Waals surface area contributed by atoms with Gasteiger partial charge in [-0.25, -0.2) is 0 Å². The summed E-state index contributed by atoms with van der Waals surface area (Å²) in [6.45, 7) is 2.13. The minimum absolute atomic E-state index is 0. The summed E-state index contributed by atoms with van der Waals surface area (Å²) in [7, 11) is 0. The Hall–Kier alpha value is -0.0900. The Morgan fingerprint density at radius 3 is 2.86 bits per heavy atom. The van der Waals surface area contributed by atoms with Gasteiger partial charge in [0.2, 0.25) is 0 Å². The van der Waals surface area contributed by atoms with E-state index in [4.69, 9.17) is 0 Å². The van der Waals surface area contributed by atoms with Gasteiger partial charge in [0.05, 0.1) is 6.10 Å². The Morgan fingerprint density at radius 2 is 2.29 bits per heavy atom. The number of aliphatic hydroxyl groups is 1. The van der Waals surface area contributed by atoms with Crippen LogP contribution in [0.3, 0.4) is 0 Å². The number of rotatable bonds is 1. The van der Waals surface area contributed by atoms with Gasteiger partial charge in [0, 0.05) is 17.0 Å². The molecule has 0 aromatic carbocycles. The minimum atomic E-state index is -0.136. The number of halogens is 1. The van der Waals surface area contributed by atoms with E-state index in [0.29, 0.717) is 12.1 Å². The van der Waals surface area contributed by atoms with Gasteiger partial charge in [0.1, 0.15) is 0 Å². The lowest BCUT2D eigenvalue weighted by atomic mass is 9.96. The molecule has 2 rings (SSSR count). The second kappa shape index (κ2) is 5.12. The summed E-state index contributed by atoms with van der Waals surface area (Å²) >= 11 is 1.76. The summed E-state index contributed by atoms with van der Waals surface area (Å²) < 4.78 is 0. The molecule has 0 radical (unpaired) electrons. The summed E-state index contributed by atoms with van der Waals surface area (Å²) in [5.74, 6) is 0. The second-order valence-electron chi connectivity index (χ2n) is 3.76. The molecule has 4 heteroatoms. The third kappa shape index (κ3) is 2.70. The Bertz CT molecular complexity index is 255. The van der Waals surface area contributed by atoms with Gasteiger partial charge in [-0.2, -0.15) is 0 Å². The molecule has 0 aliphatic carbocycles. The standard InChI is InChI=1S/C10H15NOS.ClH/c1-7-5-8(12)6-9(11-7)10-3-2-4-13-10;/h2-4,7-9,11-12H,5-6H2,1H3;1H. The first-order chi connectivity index (χ1) is 6.25. The molecular weight excluding hydrogens is 218 g/mol. The first kappa shape index (κ1) is 12.0. The van der Waals surface area contributed by atoms with Gasteiger partial charge in [0.25, 0.3) is 0 Å². The Labute approximate surface area is 94.8 Å². The van der Waals surface area contributed by atoms with Gasteiger partial charge < -0.3 is 10.4 Å². The molecule has 1 aliphatic rings. The van der Waals surface area contributed by atoms with Crippen molar-refractivity contribution in [3.8, 4) is 0 Å². The molecule has 1 aromatic rings. The molecule has 2 heterocycles. The molecule has 1 aromatic heterocycles. The molecule has 3 unspecified atom stereocenters. The van der Waals surface area contributed by atoms with E-state index >= 15 is 0 Å². The maximum atomic E-state index is 9.61. The minimum Gasteiger partial charge on any atom is -0.393 e. The topological polar surface area (TPSA) is 32.3 Å². The van der Waals surface area contributed by atoms with Gasteiger partial charge in [-0.1, -0.05) is 6.07 Å². The van der Waals surface area contributed by atoms with Crippen LogP contribution in [-0.4, -0.2) is 17.3 Å². The van der Waals surface area contributed by atoms with E-state index < -0.39 is 0 Å². The molecule has 0 bridgehead atoms. The van der Waals surface area contributed by atoms with Crippen molar-refractivity contribution >= 4 is 23.7 Å². The Kier molecular flexibility index (Phi) is 4.38. The molecule has 2 N–H and O–H groups in total. The van der Waals surface area contributed by atoms with Crippen LogP contribution in [0.5, 0.6) is 0 Å². The highest BCUT2D eigenvalue weighted by atomic mass is 35.5. The number of piperidine rings is 1. The van der Waals surface area contributed by atoms with E-state index in [2.05, 4.69) is 29.8 Å². The lowest BCUT2D eigenvalue weighted by molar-refractivity contribution is 0.0983. The van der Waals surface area contributed by atoms with Crippen molar-refractivity contribution in [1.29, 1.82) is 0 Å². The van der Waals surface area contributed by atoms with Crippen molar-refractivity contribution in [3.05, 3.63) is 22.4 Å². The summed E-state index contributed by atoms with van der Waals surface area (Å²) in [6.07, 6.45) is 1.59. The molecule has 2 nitrogen and oxygen atoms in total. The number of hydrogen-bond donors (Lipinski definition) is 2. The first-order valence-electron chi connectivity index (χ1n) is 4.73. The van der Waals surface area contributed by atoms with Gasteiger partial charge in [0.15, 0.2) is 0 Å². The maximum Gasteiger partial charge on any atom is 0.0573 e. The molecule has 14 heavy (non-hydrogen) atoms. The van der Waals surface area contributed by atoms with E-state index in [1.165, 1.54) is 4.88 Å². The third-order valence-electron chi connectivity index (χ3n) is 2.51. The highest BCUT2D eigenvalue weighted by molar-refractivity contribution is 7.10. The largest absolute Gasteiger partial charge is 0.393 e. The molecule has 0 spiro atoms. The molecule has 1 aliphatic heterocycles. The summed E-state index contributed by atoms with van der Waals surface area (Å²) in [6, 6.07) is 4.98. The van der Waals surface area contributed by atoms with Crippen LogP contribution < -0.4 is 5.32 Å². The average molecular weight is 234 g/mol. The highest BCUT2D eigenvalue weighted by Crippen LogP contribution is 2.28. The predicted molar refractivity (Wildman–Crippen MR) is 62.1 cm³/mol.